The first-order valence-electron chi connectivity index (χ1n) is 11.7. The van der Waals surface area contributed by atoms with Crippen molar-refractivity contribution in [1.29, 1.82) is 0 Å². The number of carbonyl (C=O) groups is 1. The molecule has 4 rings (SSSR count). The molecule has 1 N–H and O–H groups in total. The summed E-state index contributed by atoms with van der Waals surface area (Å²) in [6.07, 6.45) is 3.46. The third-order valence-corrected chi connectivity index (χ3v) is 6.72. The fourth-order valence-electron chi connectivity index (χ4n) is 4.75. The molecule has 0 aliphatic carbocycles. The highest BCUT2D eigenvalue weighted by molar-refractivity contribution is 6.31. The van der Waals surface area contributed by atoms with E-state index in [1.807, 2.05) is 49.1 Å². The van der Waals surface area contributed by atoms with Crippen LogP contribution in [0.25, 0.3) is 0 Å². The van der Waals surface area contributed by atoms with Crippen LogP contribution in [0.3, 0.4) is 0 Å². The van der Waals surface area contributed by atoms with Gasteiger partial charge in [0.05, 0.1) is 12.1 Å². The van der Waals surface area contributed by atoms with E-state index in [2.05, 4.69) is 28.4 Å². The molecule has 172 valence electrons. The average Bonchev–Trinajstić information content (AvgIpc) is 3.11. The molecular weight excluding hydrogens is 422 g/mol. The average molecular weight is 456 g/mol. The molecule has 5 nitrogen and oxygen atoms in total. The minimum Gasteiger partial charge on any atom is -0.491 e. The van der Waals surface area contributed by atoms with Gasteiger partial charge in [0.25, 0.3) is 0 Å². The molecule has 6 heteroatoms. The molecule has 2 aromatic rings. The standard InChI is InChI=1S/C26H34ClN3O2/c1-19(2)32-24-8-9-25(27)22(15-24)14-20-10-12-29(13-11-20)17-23-18-30(26(31)28-23)16-21-6-4-3-5-7-21/h3-9,15,19-20,23H,10-14,16-18H2,1-2H3,(H,28,31). The number of urea groups is 1. The SMILES string of the molecule is CC(C)Oc1ccc(Cl)c(CC2CCN(CC3CN(Cc4ccccc4)C(=O)N3)CC2)c1. The van der Waals surface area contributed by atoms with E-state index >= 15 is 0 Å². The normalized spacial score (nSPS) is 20.1. The molecule has 2 aromatic carbocycles. The highest BCUT2D eigenvalue weighted by Crippen LogP contribution is 2.29. The Labute approximate surface area is 196 Å². The maximum absolute atomic E-state index is 12.4. The molecule has 0 aromatic heterocycles. The Hall–Kier alpha value is -2.24. The van der Waals surface area contributed by atoms with Crippen molar-refractivity contribution in [3.63, 3.8) is 0 Å². The van der Waals surface area contributed by atoms with Crippen LogP contribution in [0.15, 0.2) is 48.5 Å². The molecule has 2 heterocycles. The number of benzene rings is 2. The summed E-state index contributed by atoms with van der Waals surface area (Å²) in [6.45, 7) is 8.57. The summed E-state index contributed by atoms with van der Waals surface area (Å²) in [6, 6.07) is 16.4. The lowest BCUT2D eigenvalue weighted by molar-refractivity contribution is 0.171. The Balaban J connectivity index is 1.24. The van der Waals surface area contributed by atoms with Gasteiger partial charge in [-0.15, -0.1) is 0 Å². The van der Waals surface area contributed by atoms with E-state index < -0.39 is 0 Å². The van der Waals surface area contributed by atoms with Crippen molar-refractivity contribution in [3.8, 4) is 5.75 Å². The Bertz CT molecular complexity index is 897. The zero-order chi connectivity index (χ0) is 22.5. The fraction of sp³-hybridized carbons (Fsp3) is 0.500. The zero-order valence-corrected chi connectivity index (χ0v) is 19.9. The third-order valence-electron chi connectivity index (χ3n) is 6.36. The van der Waals surface area contributed by atoms with Gasteiger partial charge in [0.2, 0.25) is 0 Å². The molecule has 32 heavy (non-hydrogen) atoms. The topological polar surface area (TPSA) is 44.8 Å². The molecule has 2 aliphatic rings. The molecule has 0 spiro atoms. The molecule has 0 saturated carbocycles. The largest absolute Gasteiger partial charge is 0.491 e. The van der Waals surface area contributed by atoms with Crippen molar-refractivity contribution >= 4 is 17.6 Å². The first-order valence-corrected chi connectivity index (χ1v) is 12.1. The number of halogens is 1. The van der Waals surface area contributed by atoms with Gasteiger partial charge in [-0.3, -0.25) is 0 Å². The van der Waals surface area contributed by atoms with Gasteiger partial charge >= 0.3 is 6.03 Å². The highest BCUT2D eigenvalue weighted by atomic mass is 35.5. The Morgan fingerprint density at radius 2 is 1.88 bits per heavy atom. The van der Waals surface area contributed by atoms with Crippen LogP contribution in [0.5, 0.6) is 5.75 Å². The summed E-state index contributed by atoms with van der Waals surface area (Å²) >= 11 is 6.47. The number of amides is 2. The minimum absolute atomic E-state index is 0.0480. The first kappa shape index (κ1) is 22.9. The lowest BCUT2D eigenvalue weighted by Gasteiger charge is -2.33. The van der Waals surface area contributed by atoms with E-state index in [4.69, 9.17) is 16.3 Å². The summed E-state index contributed by atoms with van der Waals surface area (Å²) in [5.41, 5.74) is 2.36. The number of carbonyl (C=O) groups excluding carboxylic acids is 1. The van der Waals surface area contributed by atoms with Crippen LogP contribution in [-0.4, -0.2) is 54.2 Å². The Kier molecular flexibility index (Phi) is 7.59. The molecule has 2 aliphatic heterocycles. The van der Waals surface area contributed by atoms with E-state index in [9.17, 15) is 4.79 Å². The molecule has 1 unspecified atom stereocenters. The van der Waals surface area contributed by atoms with Crippen LogP contribution in [0.2, 0.25) is 5.02 Å². The monoisotopic (exact) mass is 455 g/mol. The molecule has 1 atom stereocenters. The van der Waals surface area contributed by atoms with E-state index in [0.717, 1.165) is 56.2 Å². The molecule has 2 amide bonds. The minimum atomic E-state index is 0.0480. The summed E-state index contributed by atoms with van der Waals surface area (Å²) < 4.78 is 5.84. The summed E-state index contributed by atoms with van der Waals surface area (Å²) in [5, 5.41) is 4.00. The highest BCUT2D eigenvalue weighted by Gasteiger charge is 2.31. The van der Waals surface area contributed by atoms with Crippen molar-refractivity contribution in [2.24, 2.45) is 5.92 Å². The van der Waals surface area contributed by atoms with Gasteiger partial charge in [-0.1, -0.05) is 41.9 Å². The van der Waals surface area contributed by atoms with Crippen LogP contribution in [-0.2, 0) is 13.0 Å². The van der Waals surface area contributed by atoms with Gasteiger partial charge in [-0.05, 0) is 81.4 Å². The predicted octanol–water partition coefficient (Wildman–Crippen LogP) is 4.98. The van der Waals surface area contributed by atoms with E-state index in [-0.39, 0.29) is 18.2 Å². The fourth-order valence-corrected chi connectivity index (χ4v) is 4.95. The second-order valence-corrected chi connectivity index (χ2v) is 9.79. The van der Waals surface area contributed by atoms with Crippen LogP contribution in [0, 0.1) is 5.92 Å². The van der Waals surface area contributed by atoms with Gasteiger partial charge < -0.3 is 19.9 Å². The van der Waals surface area contributed by atoms with Crippen molar-refractivity contribution in [1.82, 2.24) is 15.1 Å². The smallest absolute Gasteiger partial charge is 0.318 e. The number of piperidine rings is 1. The van der Waals surface area contributed by atoms with E-state index in [1.54, 1.807) is 0 Å². The van der Waals surface area contributed by atoms with Gasteiger partial charge in [-0.2, -0.15) is 0 Å². The van der Waals surface area contributed by atoms with Gasteiger partial charge in [0, 0.05) is 24.7 Å². The van der Waals surface area contributed by atoms with E-state index in [0.29, 0.717) is 12.5 Å². The molecule has 2 fully saturated rings. The predicted molar refractivity (Wildman–Crippen MR) is 129 cm³/mol. The molecule has 0 radical (unpaired) electrons. The molecule has 0 bridgehead atoms. The maximum Gasteiger partial charge on any atom is 0.318 e. The second-order valence-electron chi connectivity index (χ2n) is 9.38. The summed E-state index contributed by atoms with van der Waals surface area (Å²) in [4.78, 5) is 16.8. The number of rotatable bonds is 8. The number of hydrogen-bond donors (Lipinski definition) is 1. The number of nitrogens with one attached hydrogen (secondary N) is 1. The zero-order valence-electron chi connectivity index (χ0n) is 19.1. The van der Waals surface area contributed by atoms with Gasteiger partial charge in [0.1, 0.15) is 5.75 Å². The number of ether oxygens (including phenoxy) is 1. The van der Waals surface area contributed by atoms with Gasteiger partial charge in [-0.25, -0.2) is 4.79 Å². The quantitative estimate of drug-likeness (QED) is 0.610. The van der Waals surface area contributed by atoms with Crippen LogP contribution in [0.4, 0.5) is 4.79 Å². The summed E-state index contributed by atoms with van der Waals surface area (Å²) in [7, 11) is 0. The van der Waals surface area contributed by atoms with E-state index in [1.165, 1.54) is 11.1 Å². The number of nitrogens with zero attached hydrogens (tertiary/aromatic N) is 2. The summed E-state index contributed by atoms with van der Waals surface area (Å²) in [5.74, 6) is 1.53. The lowest BCUT2D eigenvalue weighted by atomic mass is 9.90. The van der Waals surface area contributed by atoms with Crippen LogP contribution in [0.1, 0.15) is 37.8 Å². The van der Waals surface area contributed by atoms with Crippen LogP contribution >= 0.6 is 11.6 Å². The third kappa shape index (κ3) is 6.17. The Morgan fingerprint density at radius 1 is 1.12 bits per heavy atom. The van der Waals surface area contributed by atoms with Gasteiger partial charge in [0.15, 0.2) is 0 Å². The van der Waals surface area contributed by atoms with Crippen molar-refractivity contribution < 1.29 is 9.53 Å². The Morgan fingerprint density at radius 3 is 2.59 bits per heavy atom. The number of likely N-dealkylation sites (tertiary alicyclic amines) is 1. The van der Waals surface area contributed by atoms with Crippen molar-refractivity contribution in [2.45, 2.75) is 51.8 Å². The van der Waals surface area contributed by atoms with Crippen molar-refractivity contribution in [3.05, 3.63) is 64.7 Å². The maximum atomic E-state index is 12.4. The molecular formula is C26H34ClN3O2. The first-order chi connectivity index (χ1) is 15.5. The lowest BCUT2D eigenvalue weighted by Crippen LogP contribution is -2.43. The molecule has 2 saturated heterocycles. The number of hydrogen-bond acceptors (Lipinski definition) is 3. The second kappa shape index (κ2) is 10.6. The van der Waals surface area contributed by atoms with Crippen LogP contribution < -0.4 is 10.1 Å². The van der Waals surface area contributed by atoms with Crippen molar-refractivity contribution in [2.75, 3.05) is 26.2 Å².